The lowest BCUT2D eigenvalue weighted by molar-refractivity contribution is -0.137. The standard InChI is InChI=1S/C18H17F3N2O2S/c19-18(20,21)15-2-1-3-16(9-15)26(24,25)23-7-6-13-8-12(4-5-17(13)23)14-10-22-11-14/h1-5,8-9,14,22H,6-7,10-11H2. The van der Waals surface area contributed by atoms with Crippen molar-refractivity contribution < 1.29 is 21.6 Å². The fourth-order valence-corrected chi connectivity index (χ4v) is 4.93. The predicted octanol–water partition coefficient (Wildman–Crippen LogP) is 3.14. The molecule has 2 aromatic carbocycles. The van der Waals surface area contributed by atoms with Crippen molar-refractivity contribution in [2.75, 3.05) is 23.9 Å². The third-order valence-electron chi connectivity index (χ3n) is 4.96. The van der Waals surface area contributed by atoms with Gasteiger partial charge in [0.1, 0.15) is 0 Å². The molecule has 138 valence electrons. The van der Waals surface area contributed by atoms with Crippen molar-refractivity contribution in [1.29, 1.82) is 0 Å². The Kier molecular flexibility index (Phi) is 4.00. The first kappa shape index (κ1) is 17.4. The number of benzene rings is 2. The van der Waals surface area contributed by atoms with E-state index in [0.29, 0.717) is 24.1 Å². The Morgan fingerprint density at radius 3 is 2.50 bits per heavy atom. The summed E-state index contributed by atoms with van der Waals surface area (Å²) in [6.07, 6.45) is -4.03. The van der Waals surface area contributed by atoms with Crippen LogP contribution < -0.4 is 9.62 Å². The number of nitrogens with zero attached hydrogens (tertiary/aromatic N) is 1. The first-order valence-electron chi connectivity index (χ1n) is 8.30. The molecule has 1 saturated heterocycles. The topological polar surface area (TPSA) is 49.4 Å². The minimum Gasteiger partial charge on any atom is -0.315 e. The fraction of sp³-hybridized carbons (Fsp3) is 0.333. The maximum absolute atomic E-state index is 12.9. The van der Waals surface area contributed by atoms with Crippen LogP contribution in [0.1, 0.15) is 22.6 Å². The van der Waals surface area contributed by atoms with Crippen molar-refractivity contribution >= 4 is 15.7 Å². The number of rotatable bonds is 3. The number of hydrogen-bond donors (Lipinski definition) is 1. The van der Waals surface area contributed by atoms with Crippen molar-refractivity contribution in [2.45, 2.75) is 23.4 Å². The van der Waals surface area contributed by atoms with Crippen LogP contribution in [0.25, 0.3) is 0 Å². The van der Waals surface area contributed by atoms with Crippen LogP contribution in [0.15, 0.2) is 47.4 Å². The number of nitrogens with one attached hydrogen (secondary N) is 1. The molecule has 2 aliphatic rings. The van der Waals surface area contributed by atoms with Crippen LogP contribution in [-0.2, 0) is 22.6 Å². The van der Waals surface area contributed by atoms with Gasteiger partial charge in [0.25, 0.3) is 10.0 Å². The molecule has 4 rings (SSSR count). The Balaban J connectivity index is 1.69. The molecule has 0 radical (unpaired) electrons. The Labute approximate surface area is 149 Å². The van der Waals surface area contributed by atoms with Crippen LogP contribution in [0, 0.1) is 0 Å². The van der Waals surface area contributed by atoms with Gasteiger partial charge in [-0.05, 0) is 41.8 Å². The van der Waals surface area contributed by atoms with E-state index in [-0.39, 0.29) is 11.4 Å². The van der Waals surface area contributed by atoms with E-state index in [1.54, 1.807) is 6.07 Å². The lowest BCUT2D eigenvalue weighted by atomic mass is 9.92. The number of fused-ring (bicyclic) bond motifs is 1. The van der Waals surface area contributed by atoms with Crippen molar-refractivity contribution in [3.8, 4) is 0 Å². The van der Waals surface area contributed by atoms with Crippen molar-refractivity contribution in [2.24, 2.45) is 0 Å². The van der Waals surface area contributed by atoms with Crippen LogP contribution >= 0.6 is 0 Å². The minimum absolute atomic E-state index is 0.236. The van der Waals surface area contributed by atoms with Crippen LogP contribution in [0.3, 0.4) is 0 Å². The second-order valence-corrected chi connectivity index (χ2v) is 8.46. The van der Waals surface area contributed by atoms with Gasteiger partial charge in [-0.15, -0.1) is 0 Å². The molecule has 0 amide bonds. The number of hydrogen-bond acceptors (Lipinski definition) is 3. The highest BCUT2D eigenvalue weighted by atomic mass is 32.2. The molecule has 0 unspecified atom stereocenters. The van der Waals surface area contributed by atoms with Gasteiger partial charge in [0.15, 0.2) is 0 Å². The van der Waals surface area contributed by atoms with E-state index in [9.17, 15) is 21.6 Å². The van der Waals surface area contributed by atoms with Gasteiger partial charge >= 0.3 is 6.18 Å². The van der Waals surface area contributed by atoms with E-state index < -0.39 is 21.8 Å². The Hall–Kier alpha value is -2.06. The van der Waals surface area contributed by atoms with E-state index in [0.717, 1.165) is 30.8 Å². The number of sulfonamides is 1. The van der Waals surface area contributed by atoms with Crippen LogP contribution in [0.2, 0.25) is 0 Å². The average molecular weight is 382 g/mol. The molecule has 4 nitrogen and oxygen atoms in total. The molecule has 0 aliphatic carbocycles. The lowest BCUT2D eigenvalue weighted by Crippen LogP contribution is -2.39. The summed E-state index contributed by atoms with van der Waals surface area (Å²) in [5, 5.41) is 3.20. The maximum Gasteiger partial charge on any atom is 0.416 e. The lowest BCUT2D eigenvalue weighted by Gasteiger charge is -2.28. The quantitative estimate of drug-likeness (QED) is 0.887. The highest BCUT2D eigenvalue weighted by Gasteiger charge is 2.35. The van der Waals surface area contributed by atoms with Gasteiger partial charge in [-0.2, -0.15) is 13.2 Å². The fourth-order valence-electron chi connectivity index (χ4n) is 3.38. The molecule has 0 aromatic heterocycles. The summed E-state index contributed by atoms with van der Waals surface area (Å²) in [6, 6.07) is 9.59. The van der Waals surface area contributed by atoms with Crippen molar-refractivity contribution in [3.05, 3.63) is 59.2 Å². The molecule has 2 heterocycles. The molecule has 0 saturated carbocycles. The zero-order valence-electron chi connectivity index (χ0n) is 13.8. The molecule has 2 aliphatic heterocycles. The predicted molar refractivity (Wildman–Crippen MR) is 91.7 cm³/mol. The molecule has 1 fully saturated rings. The molecule has 1 N–H and O–H groups in total. The van der Waals surface area contributed by atoms with E-state index in [1.807, 2.05) is 12.1 Å². The summed E-state index contributed by atoms with van der Waals surface area (Å²) in [6.45, 7) is 2.05. The van der Waals surface area contributed by atoms with Gasteiger partial charge in [0, 0.05) is 25.6 Å². The maximum atomic E-state index is 12.9. The molecule has 0 bridgehead atoms. The van der Waals surface area contributed by atoms with Gasteiger partial charge in [0.05, 0.1) is 16.1 Å². The Bertz CT molecular complexity index is 953. The molecular weight excluding hydrogens is 365 g/mol. The monoisotopic (exact) mass is 382 g/mol. The van der Waals surface area contributed by atoms with Crippen LogP contribution in [0.5, 0.6) is 0 Å². The number of anilines is 1. The van der Waals surface area contributed by atoms with Gasteiger partial charge in [-0.25, -0.2) is 8.42 Å². The van der Waals surface area contributed by atoms with Crippen molar-refractivity contribution in [3.63, 3.8) is 0 Å². The van der Waals surface area contributed by atoms with E-state index in [2.05, 4.69) is 5.32 Å². The van der Waals surface area contributed by atoms with Gasteiger partial charge in [-0.3, -0.25) is 4.31 Å². The first-order valence-corrected chi connectivity index (χ1v) is 9.74. The van der Waals surface area contributed by atoms with Crippen LogP contribution in [0.4, 0.5) is 18.9 Å². The third-order valence-corrected chi connectivity index (χ3v) is 6.77. The average Bonchev–Trinajstić information content (AvgIpc) is 2.96. The third kappa shape index (κ3) is 2.87. The summed E-state index contributed by atoms with van der Waals surface area (Å²) < 4.78 is 65.8. The summed E-state index contributed by atoms with van der Waals surface area (Å²) in [5.74, 6) is 0.439. The molecule has 26 heavy (non-hydrogen) atoms. The molecule has 2 aromatic rings. The summed E-state index contributed by atoms with van der Waals surface area (Å²) in [4.78, 5) is -0.340. The number of alkyl halides is 3. The number of halogens is 3. The summed E-state index contributed by atoms with van der Waals surface area (Å²) >= 11 is 0. The van der Waals surface area contributed by atoms with E-state index in [4.69, 9.17) is 0 Å². The van der Waals surface area contributed by atoms with Crippen LogP contribution in [-0.4, -0.2) is 28.1 Å². The zero-order chi connectivity index (χ0) is 18.5. The highest BCUT2D eigenvalue weighted by molar-refractivity contribution is 7.92. The molecule has 0 atom stereocenters. The molecule has 0 spiro atoms. The van der Waals surface area contributed by atoms with Gasteiger partial charge in [-0.1, -0.05) is 18.2 Å². The SMILES string of the molecule is O=S(=O)(c1cccc(C(F)(F)F)c1)N1CCc2cc(C3CNC3)ccc21. The van der Waals surface area contributed by atoms with Gasteiger partial charge in [0.2, 0.25) is 0 Å². The second kappa shape index (κ2) is 5.99. The van der Waals surface area contributed by atoms with Gasteiger partial charge < -0.3 is 5.32 Å². The smallest absolute Gasteiger partial charge is 0.315 e. The Morgan fingerprint density at radius 1 is 1.08 bits per heavy atom. The minimum atomic E-state index is -4.58. The summed E-state index contributed by atoms with van der Waals surface area (Å²) in [5.41, 5.74) is 1.68. The first-order chi connectivity index (χ1) is 12.3. The van der Waals surface area contributed by atoms with E-state index in [1.165, 1.54) is 15.9 Å². The Morgan fingerprint density at radius 2 is 1.85 bits per heavy atom. The second-order valence-electron chi connectivity index (χ2n) is 6.60. The zero-order valence-corrected chi connectivity index (χ0v) is 14.6. The van der Waals surface area contributed by atoms with Crippen molar-refractivity contribution in [1.82, 2.24) is 5.32 Å². The summed E-state index contributed by atoms with van der Waals surface area (Å²) in [7, 11) is -4.04. The van der Waals surface area contributed by atoms with E-state index >= 15 is 0 Å². The molecular formula is C18H17F3N2O2S. The highest BCUT2D eigenvalue weighted by Crippen LogP contribution is 2.37. The molecule has 8 heteroatoms. The normalized spacial score (nSPS) is 17.9. The largest absolute Gasteiger partial charge is 0.416 e.